The van der Waals surface area contributed by atoms with Crippen molar-refractivity contribution in [2.24, 2.45) is 0 Å². The standard InChI is InChI=1S/C14H24N4O5/c1-6-14(5,22)8-18-9(10(11(19)20)16-17-18)7-15-12(21)23-13(2,3)4/h22H,6-8H2,1-5H3,(H,15,21)(H,19,20). The summed E-state index contributed by atoms with van der Waals surface area (Å²) in [5.41, 5.74) is -1.81. The number of carboxylic acid groups (broad SMARTS) is 1. The van der Waals surface area contributed by atoms with Crippen LogP contribution in [-0.4, -0.2) is 48.5 Å². The van der Waals surface area contributed by atoms with Gasteiger partial charge in [0.25, 0.3) is 0 Å². The van der Waals surface area contributed by atoms with Gasteiger partial charge in [-0.3, -0.25) is 0 Å². The molecule has 1 rings (SSSR count). The highest BCUT2D eigenvalue weighted by Gasteiger charge is 2.26. The molecule has 9 heteroatoms. The van der Waals surface area contributed by atoms with Crippen molar-refractivity contribution in [2.45, 2.75) is 65.3 Å². The molecule has 0 saturated carbocycles. The topological polar surface area (TPSA) is 127 Å². The number of amides is 1. The molecule has 0 saturated heterocycles. The van der Waals surface area contributed by atoms with Crippen LogP contribution in [0.5, 0.6) is 0 Å². The number of aromatic carboxylic acids is 1. The summed E-state index contributed by atoms with van der Waals surface area (Å²) in [4.78, 5) is 22.9. The molecule has 23 heavy (non-hydrogen) atoms. The predicted octanol–water partition coefficient (Wildman–Crippen LogP) is 1.16. The Labute approximate surface area is 134 Å². The Morgan fingerprint density at radius 2 is 1.91 bits per heavy atom. The fraction of sp³-hybridized carbons (Fsp3) is 0.714. The van der Waals surface area contributed by atoms with Crippen molar-refractivity contribution in [1.29, 1.82) is 0 Å². The van der Waals surface area contributed by atoms with Crippen LogP contribution in [0.25, 0.3) is 0 Å². The van der Waals surface area contributed by atoms with E-state index in [0.717, 1.165) is 0 Å². The number of hydrogen-bond acceptors (Lipinski definition) is 6. The summed E-state index contributed by atoms with van der Waals surface area (Å²) in [6.45, 7) is 8.52. The van der Waals surface area contributed by atoms with Gasteiger partial charge in [0.1, 0.15) is 5.60 Å². The number of aromatic nitrogens is 3. The number of carboxylic acids is 1. The Morgan fingerprint density at radius 3 is 2.39 bits per heavy atom. The molecule has 1 aromatic rings. The number of carbonyl (C=O) groups is 2. The van der Waals surface area contributed by atoms with Crippen LogP contribution in [0, 0.1) is 0 Å². The van der Waals surface area contributed by atoms with E-state index in [0.29, 0.717) is 6.42 Å². The van der Waals surface area contributed by atoms with Crippen molar-refractivity contribution in [1.82, 2.24) is 20.3 Å². The van der Waals surface area contributed by atoms with Gasteiger partial charge in [0.05, 0.1) is 24.4 Å². The van der Waals surface area contributed by atoms with Crippen LogP contribution in [0.2, 0.25) is 0 Å². The normalized spacial score (nSPS) is 14.2. The number of carbonyl (C=O) groups excluding carboxylic acids is 1. The van der Waals surface area contributed by atoms with E-state index in [-0.39, 0.29) is 24.5 Å². The van der Waals surface area contributed by atoms with E-state index >= 15 is 0 Å². The first kappa shape index (κ1) is 18.9. The lowest BCUT2D eigenvalue weighted by atomic mass is 10.0. The summed E-state index contributed by atoms with van der Waals surface area (Å²) >= 11 is 0. The average molecular weight is 328 g/mol. The van der Waals surface area contributed by atoms with Gasteiger partial charge in [-0.05, 0) is 34.1 Å². The van der Waals surface area contributed by atoms with Crippen molar-refractivity contribution in [2.75, 3.05) is 0 Å². The van der Waals surface area contributed by atoms with Crippen LogP contribution in [0.4, 0.5) is 4.79 Å². The quantitative estimate of drug-likeness (QED) is 0.715. The molecule has 3 N–H and O–H groups in total. The van der Waals surface area contributed by atoms with Gasteiger partial charge in [-0.15, -0.1) is 5.10 Å². The molecule has 1 amide bonds. The molecule has 0 spiro atoms. The third-order valence-electron chi connectivity index (χ3n) is 3.09. The minimum atomic E-state index is -1.26. The lowest BCUT2D eigenvalue weighted by Crippen LogP contribution is -2.35. The highest BCUT2D eigenvalue weighted by atomic mass is 16.6. The van der Waals surface area contributed by atoms with Gasteiger partial charge in [-0.25, -0.2) is 14.3 Å². The zero-order valence-corrected chi connectivity index (χ0v) is 14.1. The highest BCUT2D eigenvalue weighted by Crippen LogP contribution is 2.15. The number of rotatable bonds is 6. The molecular weight excluding hydrogens is 304 g/mol. The second-order valence-corrected chi connectivity index (χ2v) is 6.55. The summed E-state index contributed by atoms with van der Waals surface area (Å²) in [6.07, 6.45) is -0.224. The zero-order chi connectivity index (χ0) is 17.8. The molecule has 1 heterocycles. The first-order valence-electron chi connectivity index (χ1n) is 7.30. The van der Waals surface area contributed by atoms with E-state index in [4.69, 9.17) is 9.84 Å². The maximum absolute atomic E-state index is 11.7. The second kappa shape index (κ2) is 6.95. The smallest absolute Gasteiger partial charge is 0.407 e. The van der Waals surface area contributed by atoms with Crippen LogP contribution in [0.3, 0.4) is 0 Å². The molecule has 0 bridgehead atoms. The summed E-state index contributed by atoms with van der Waals surface area (Å²) in [5, 5.41) is 29.1. The van der Waals surface area contributed by atoms with Crippen molar-refractivity contribution < 1.29 is 24.5 Å². The zero-order valence-electron chi connectivity index (χ0n) is 14.1. The lowest BCUT2D eigenvalue weighted by molar-refractivity contribution is 0.0327. The minimum absolute atomic E-state index is 0.0646. The van der Waals surface area contributed by atoms with E-state index in [1.807, 2.05) is 0 Å². The third kappa shape index (κ3) is 5.85. The molecule has 9 nitrogen and oxygen atoms in total. The van der Waals surface area contributed by atoms with E-state index in [2.05, 4.69) is 15.6 Å². The molecule has 0 aliphatic rings. The van der Waals surface area contributed by atoms with Gasteiger partial charge in [0.2, 0.25) is 0 Å². The first-order chi connectivity index (χ1) is 10.4. The predicted molar refractivity (Wildman–Crippen MR) is 81.0 cm³/mol. The Kier molecular flexibility index (Phi) is 5.70. The van der Waals surface area contributed by atoms with Gasteiger partial charge in [-0.2, -0.15) is 0 Å². The second-order valence-electron chi connectivity index (χ2n) is 6.55. The lowest BCUT2D eigenvalue weighted by Gasteiger charge is -2.22. The largest absolute Gasteiger partial charge is 0.476 e. The number of nitrogens with zero attached hydrogens (tertiary/aromatic N) is 3. The molecule has 1 unspecified atom stereocenters. The minimum Gasteiger partial charge on any atom is -0.476 e. The molecule has 1 aromatic heterocycles. The van der Waals surface area contributed by atoms with Crippen molar-refractivity contribution >= 4 is 12.1 Å². The fourth-order valence-corrected chi connectivity index (χ4v) is 1.71. The molecule has 0 fully saturated rings. The Bertz CT molecular complexity index is 574. The molecule has 130 valence electrons. The number of hydrogen-bond donors (Lipinski definition) is 3. The summed E-state index contributed by atoms with van der Waals surface area (Å²) in [6, 6.07) is 0. The third-order valence-corrected chi connectivity index (χ3v) is 3.09. The van der Waals surface area contributed by atoms with Crippen molar-refractivity contribution in [3.8, 4) is 0 Å². The van der Waals surface area contributed by atoms with Crippen molar-refractivity contribution in [3.05, 3.63) is 11.4 Å². The summed E-state index contributed by atoms with van der Waals surface area (Å²) < 4.78 is 6.38. The van der Waals surface area contributed by atoms with Crippen LogP contribution >= 0.6 is 0 Å². The molecule has 0 radical (unpaired) electrons. The maximum atomic E-state index is 11.7. The molecular formula is C14H24N4O5. The highest BCUT2D eigenvalue weighted by molar-refractivity contribution is 5.86. The van der Waals surface area contributed by atoms with E-state index < -0.39 is 23.3 Å². The van der Waals surface area contributed by atoms with E-state index in [1.165, 1.54) is 4.68 Å². The van der Waals surface area contributed by atoms with Crippen LogP contribution in [0.15, 0.2) is 0 Å². The SMILES string of the molecule is CCC(C)(O)Cn1nnc(C(=O)O)c1CNC(=O)OC(C)(C)C. The number of aliphatic hydroxyl groups is 1. The van der Waals surface area contributed by atoms with Gasteiger partial charge in [-0.1, -0.05) is 12.1 Å². The van der Waals surface area contributed by atoms with E-state index in [1.54, 1.807) is 34.6 Å². The Hall–Kier alpha value is -2.16. The van der Waals surface area contributed by atoms with Crippen LogP contribution in [-0.2, 0) is 17.8 Å². The van der Waals surface area contributed by atoms with Gasteiger partial charge >= 0.3 is 12.1 Å². The van der Waals surface area contributed by atoms with Gasteiger partial charge in [0.15, 0.2) is 5.69 Å². The molecule has 0 aliphatic heterocycles. The monoisotopic (exact) mass is 328 g/mol. The van der Waals surface area contributed by atoms with Crippen LogP contribution in [0.1, 0.15) is 57.2 Å². The molecule has 0 aromatic carbocycles. The maximum Gasteiger partial charge on any atom is 0.407 e. The Balaban J connectivity index is 2.92. The molecule has 1 atom stereocenters. The summed E-state index contributed by atoms with van der Waals surface area (Å²) in [7, 11) is 0. The van der Waals surface area contributed by atoms with E-state index in [9.17, 15) is 14.7 Å². The van der Waals surface area contributed by atoms with Crippen LogP contribution < -0.4 is 5.32 Å². The van der Waals surface area contributed by atoms with Gasteiger partial charge < -0.3 is 20.3 Å². The fourth-order valence-electron chi connectivity index (χ4n) is 1.71. The average Bonchev–Trinajstić information content (AvgIpc) is 2.76. The number of nitrogens with one attached hydrogen (secondary N) is 1. The number of alkyl carbamates (subject to hydrolysis) is 1. The number of ether oxygens (including phenoxy) is 1. The molecule has 0 aliphatic carbocycles. The Morgan fingerprint density at radius 1 is 1.30 bits per heavy atom. The van der Waals surface area contributed by atoms with Gasteiger partial charge in [0, 0.05) is 0 Å². The van der Waals surface area contributed by atoms with Crippen molar-refractivity contribution in [3.63, 3.8) is 0 Å². The first-order valence-corrected chi connectivity index (χ1v) is 7.30. The summed E-state index contributed by atoms with van der Waals surface area (Å²) in [5.74, 6) is -1.26.